The van der Waals surface area contributed by atoms with E-state index in [2.05, 4.69) is 15.5 Å². The maximum atomic E-state index is 11.5. The monoisotopic (exact) mass is 227 g/mol. The molecule has 0 bridgehead atoms. The molecule has 0 saturated carbocycles. The van der Waals surface area contributed by atoms with Crippen molar-refractivity contribution in [1.29, 1.82) is 0 Å². The van der Waals surface area contributed by atoms with Crippen molar-refractivity contribution in [1.82, 2.24) is 20.1 Å². The third-order valence-corrected chi connectivity index (χ3v) is 2.20. The lowest BCUT2D eigenvalue weighted by atomic mass is 10.2. The van der Waals surface area contributed by atoms with E-state index in [-0.39, 0.29) is 5.91 Å². The lowest BCUT2D eigenvalue weighted by molar-refractivity contribution is -0.122. The van der Waals surface area contributed by atoms with Gasteiger partial charge in [0.25, 0.3) is 0 Å². The summed E-state index contributed by atoms with van der Waals surface area (Å²) in [5, 5.41) is 10.2. The fourth-order valence-electron chi connectivity index (χ4n) is 1.14. The summed E-state index contributed by atoms with van der Waals surface area (Å²) in [6.45, 7) is 0.800. The molecule has 0 saturated heterocycles. The SMILES string of the molecule is COCCC(N)C(=O)NCc1nncn1C. The smallest absolute Gasteiger partial charge is 0.237 e. The van der Waals surface area contributed by atoms with Gasteiger partial charge in [-0.3, -0.25) is 4.79 Å². The molecule has 7 heteroatoms. The van der Waals surface area contributed by atoms with E-state index in [1.165, 1.54) is 0 Å². The molecular weight excluding hydrogens is 210 g/mol. The minimum absolute atomic E-state index is 0.208. The van der Waals surface area contributed by atoms with Gasteiger partial charge in [0.15, 0.2) is 5.82 Å². The summed E-state index contributed by atoms with van der Waals surface area (Å²) >= 11 is 0. The Morgan fingerprint density at radius 2 is 2.50 bits per heavy atom. The van der Waals surface area contributed by atoms with E-state index < -0.39 is 6.04 Å². The van der Waals surface area contributed by atoms with E-state index in [0.29, 0.717) is 25.4 Å². The van der Waals surface area contributed by atoms with Crippen LogP contribution < -0.4 is 11.1 Å². The highest BCUT2D eigenvalue weighted by molar-refractivity contribution is 5.81. The quantitative estimate of drug-likeness (QED) is 0.636. The van der Waals surface area contributed by atoms with Crippen LogP contribution in [0.1, 0.15) is 12.2 Å². The molecule has 1 aromatic heterocycles. The topological polar surface area (TPSA) is 95.1 Å². The molecule has 3 N–H and O–H groups in total. The van der Waals surface area contributed by atoms with Gasteiger partial charge in [-0.05, 0) is 6.42 Å². The second-order valence-electron chi connectivity index (χ2n) is 3.46. The third-order valence-electron chi connectivity index (χ3n) is 2.20. The number of aryl methyl sites for hydroxylation is 1. The van der Waals surface area contributed by atoms with Crippen LogP contribution in [0.25, 0.3) is 0 Å². The number of amides is 1. The number of methoxy groups -OCH3 is 1. The van der Waals surface area contributed by atoms with Crippen LogP contribution in [0.4, 0.5) is 0 Å². The van der Waals surface area contributed by atoms with Crippen molar-refractivity contribution in [2.75, 3.05) is 13.7 Å². The lowest BCUT2D eigenvalue weighted by Crippen LogP contribution is -2.41. The van der Waals surface area contributed by atoms with Crippen LogP contribution in [-0.2, 0) is 23.1 Å². The first-order chi connectivity index (χ1) is 7.65. The predicted octanol–water partition coefficient (Wildman–Crippen LogP) is -1.20. The fraction of sp³-hybridized carbons (Fsp3) is 0.667. The van der Waals surface area contributed by atoms with Gasteiger partial charge in [0, 0.05) is 20.8 Å². The molecule has 1 atom stereocenters. The summed E-state index contributed by atoms with van der Waals surface area (Å²) in [6, 6.07) is -0.548. The fourth-order valence-corrected chi connectivity index (χ4v) is 1.14. The molecule has 90 valence electrons. The molecule has 1 amide bonds. The minimum Gasteiger partial charge on any atom is -0.385 e. The predicted molar refractivity (Wildman–Crippen MR) is 57.3 cm³/mol. The van der Waals surface area contributed by atoms with E-state index in [0.717, 1.165) is 0 Å². The number of nitrogens with two attached hydrogens (primary N) is 1. The largest absolute Gasteiger partial charge is 0.385 e. The van der Waals surface area contributed by atoms with E-state index in [1.54, 1.807) is 18.0 Å². The summed E-state index contributed by atoms with van der Waals surface area (Å²) in [5.74, 6) is 0.479. The van der Waals surface area contributed by atoms with Crippen molar-refractivity contribution in [3.63, 3.8) is 0 Å². The standard InChI is InChI=1S/C9H17N5O2/c1-14-6-12-13-8(14)5-11-9(15)7(10)3-4-16-2/h6-7H,3-5,10H2,1-2H3,(H,11,15). The van der Waals surface area contributed by atoms with Crippen LogP contribution in [0.5, 0.6) is 0 Å². The second-order valence-corrected chi connectivity index (χ2v) is 3.46. The van der Waals surface area contributed by atoms with Gasteiger partial charge in [0.2, 0.25) is 5.91 Å². The molecule has 0 radical (unpaired) electrons. The highest BCUT2D eigenvalue weighted by atomic mass is 16.5. The lowest BCUT2D eigenvalue weighted by Gasteiger charge is -2.11. The molecule has 1 heterocycles. The summed E-state index contributed by atoms with van der Waals surface area (Å²) in [6.07, 6.45) is 2.08. The van der Waals surface area contributed by atoms with E-state index in [1.807, 2.05) is 7.05 Å². The molecule has 0 spiro atoms. The van der Waals surface area contributed by atoms with Gasteiger partial charge in [-0.2, -0.15) is 0 Å². The van der Waals surface area contributed by atoms with Crippen LogP contribution in [0.3, 0.4) is 0 Å². The average molecular weight is 227 g/mol. The summed E-state index contributed by atoms with van der Waals surface area (Å²) in [5.41, 5.74) is 5.65. The first kappa shape index (κ1) is 12.6. The molecule has 0 fully saturated rings. The summed E-state index contributed by atoms with van der Waals surface area (Å²) < 4.78 is 6.58. The van der Waals surface area contributed by atoms with Gasteiger partial charge in [-0.25, -0.2) is 0 Å². The van der Waals surface area contributed by atoms with Gasteiger partial charge in [0.1, 0.15) is 6.33 Å². The Balaban J connectivity index is 2.32. The number of hydrogen-bond donors (Lipinski definition) is 2. The Labute approximate surface area is 94.0 Å². The zero-order valence-electron chi connectivity index (χ0n) is 9.51. The van der Waals surface area contributed by atoms with Crippen LogP contribution in [0, 0.1) is 0 Å². The van der Waals surface area contributed by atoms with Crippen molar-refractivity contribution in [3.05, 3.63) is 12.2 Å². The zero-order chi connectivity index (χ0) is 12.0. The molecule has 0 aliphatic heterocycles. The van der Waals surface area contributed by atoms with Gasteiger partial charge in [-0.15, -0.1) is 10.2 Å². The van der Waals surface area contributed by atoms with Crippen molar-refractivity contribution in [2.24, 2.45) is 12.8 Å². The van der Waals surface area contributed by atoms with Crippen LogP contribution in [0.2, 0.25) is 0 Å². The van der Waals surface area contributed by atoms with E-state index >= 15 is 0 Å². The number of aromatic nitrogens is 3. The van der Waals surface area contributed by atoms with Gasteiger partial charge in [0.05, 0.1) is 12.6 Å². The Kier molecular flexibility index (Phi) is 4.87. The molecular formula is C9H17N5O2. The Morgan fingerprint density at radius 3 is 3.06 bits per heavy atom. The maximum Gasteiger partial charge on any atom is 0.237 e. The minimum atomic E-state index is -0.548. The number of ether oxygens (including phenoxy) is 1. The second kappa shape index (κ2) is 6.19. The van der Waals surface area contributed by atoms with E-state index in [9.17, 15) is 4.79 Å². The Morgan fingerprint density at radius 1 is 1.75 bits per heavy atom. The van der Waals surface area contributed by atoms with E-state index in [4.69, 9.17) is 10.5 Å². The summed E-state index contributed by atoms with van der Waals surface area (Å²) in [7, 11) is 3.39. The summed E-state index contributed by atoms with van der Waals surface area (Å²) in [4.78, 5) is 11.5. The number of nitrogens with zero attached hydrogens (tertiary/aromatic N) is 3. The highest BCUT2D eigenvalue weighted by Crippen LogP contribution is 1.93. The van der Waals surface area contributed by atoms with Gasteiger partial charge >= 0.3 is 0 Å². The molecule has 7 nitrogen and oxygen atoms in total. The number of carbonyl (C=O) groups excluding carboxylic acids is 1. The van der Waals surface area contributed by atoms with Gasteiger partial charge in [-0.1, -0.05) is 0 Å². The highest BCUT2D eigenvalue weighted by Gasteiger charge is 2.13. The van der Waals surface area contributed by atoms with Crippen molar-refractivity contribution < 1.29 is 9.53 Å². The van der Waals surface area contributed by atoms with Crippen LogP contribution in [-0.4, -0.2) is 40.4 Å². The Bertz CT molecular complexity index is 338. The molecule has 0 aliphatic carbocycles. The first-order valence-electron chi connectivity index (χ1n) is 5.00. The van der Waals surface area contributed by atoms with Crippen molar-refractivity contribution in [2.45, 2.75) is 19.0 Å². The van der Waals surface area contributed by atoms with Gasteiger partial charge < -0.3 is 20.4 Å². The molecule has 1 rings (SSSR count). The molecule has 0 aliphatic rings. The first-order valence-corrected chi connectivity index (χ1v) is 5.00. The normalized spacial score (nSPS) is 12.4. The number of hydrogen-bond acceptors (Lipinski definition) is 5. The molecule has 1 aromatic rings. The maximum absolute atomic E-state index is 11.5. The average Bonchev–Trinajstić information content (AvgIpc) is 2.68. The van der Waals surface area contributed by atoms with Crippen LogP contribution >= 0.6 is 0 Å². The molecule has 0 aromatic carbocycles. The molecule has 1 unspecified atom stereocenters. The number of nitrogens with one attached hydrogen (secondary N) is 1. The number of rotatable bonds is 6. The van der Waals surface area contributed by atoms with Crippen LogP contribution in [0.15, 0.2) is 6.33 Å². The zero-order valence-corrected chi connectivity index (χ0v) is 9.51. The Hall–Kier alpha value is -1.47. The third kappa shape index (κ3) is 3.59. The van der Waals surface area contributed by atoms with Crippen molar-refractivity contribution in [3.8, 4) is 0 Å². The molecule has 16 heavy (non-hydrogen) atoms. The number of carbonyl (C=O) groups is 1. The van der Waals surface area contributed by atoms with Crippen molar-refractivity contribution >= 4 is 5.91 Å².